The fraction of sp³-hybridized carbons (Fsp3) is 0.467. The van der Waals surface area contributed by atoms with E-state index in [9.17, 15) is 13.8 Å². The van der Waals surface area contributed by atoms with E-state index in [-0.39, 0.29) is 18.6 Å². The second-order valence-corrected chi connectivity index (χ2v) is 6.35. The lowest BCUT2D eigenvalue weighted by atomic mass is 10.1. The van der Waals surface area contributed by atoms with Gasteiger partial charge in [-0.1, -0.05) is 12.1 Å². The highest BCUT2D eigenvalue weighted by Crippen LogP contribution is 2.08. The van der Waals surface area contributed by atoms with E-state index in [1.807, 2.05) is 0 Å². The molecule has 122 valence electrons. The maximum atomic E-state index is 11.9. The van der Waals surface area contributed by atoms with Gasteiger partial charge >= 0.3 is 5.97 Å². The molecule has 0 saturated carbocycles. The van der Waals surface area contributed by atoms with Gasteiger partial charge in [0.25, 0.3) is 5.91 Å². The summed E-state index contributed by atoms with van der Waals surface area (Å²) in [5.41, 5.74) is 1.12. The fourth-order valence-electron chi connectivity index (χ4n) is 1.85. The molecule has 0 saturated heterocycles. The molecule has 1 N–H and O–H groups in total. The van der Waals surface area contributed by atoms with Gasteiger partial charge in [-0.05, 0) is 24.6 Å². The Kier molecular flexibility index (Phi) is 7.76. The van der Waals surface area contributed by atoms with Crippen molar-refractivity contribution in [2.45, 2.75) is 18.7 Å². The fourth-order valence-corrected chi connectivity index (χ4v) is 2.49. The van der Waals surface area contributed by atoms with Crippen molar-refractivity contribution in [1.82, 2.24) is 5.32 Å². The Morgan fingerprint density at radius 1 is 1.36 bits per heavy atom. The van der Waals surface area contributed by atoms with Crippen molar-refractivity contribution in [2.24, 2.45) is 0 Å². The van der Waals surface area contributed by atoms with Crippen molar-refractivity contribution < 1.29 is 23.3 Å². The smallest absolute Gasteiger partial charge is 0.338 e. The number of hydrogen-bond acceptors (Lipinski definition) is 5. The summed E-state index contributed by atoms with van der Waals surface area (Å²) >= 11 is 0. The molecule has 0 heterocycles. The van der Waals surface area contributed by atoms with Crippen LogP contribution >= 0.6 is 0 Å². The van der Waals surface area contributed by atoms with Gasteiger partial charge in [0.05, 0.1) is 12.2 Å². The second-order valence-electron chi connectivity index (χ2n) is 4.92. The Balaban J connectivity index is 2.51. The minimum absolute atomic E-state index is 0.154. The number of carbonyl (C=O) groups is 2. The van der Waals surface area contributed by atoms with Gasteiger partial charge in [0.2, 0.25) is 0 Å². The molecule has 0 bridgehead atoms. The van der Waals surface area contributed by atoms with Crippen molar-refractivity contribution in [1.29, 1.82) is 0 Å². The third-order valence-corrected chi connectivity index (χ3v) is 3.43. The lowest BCUT2D eigenvalue weighted by molar-refractivity contribution is -0.125. The van der Waals surface area contributed by atoms with Gasteiger partial charge in [0, 0.05) is 36.0 Å². The first-order valence-corrected chi connectivity index (χ1v) is 8.49. The van der Waals surface area contributed by atoms with Crippen LogP contribution in [0, 0.1) is 0 Å². The maximum absolute atomic E-state index is 11.9. The molecule has 22 heavy (non-hydrogen) atoms. The van der Waals surface area contributed by atoms with Crippen LogP contribution in [0.1, 0.15) is 22.8 Å². The molecule has 0 aromatic heterocycles. The Morgan fingerprint density at radius 2 is 2.09 bits per heavy atom. The first-order valence-electron chi connectivity index (χ1n) is 6.76. The third-order valence-electron chi connectivity index (χ3n) is 2.69. The van der Waals surface area contributed by atoms with Gasteiger partial charge in [-0.3, -0.25) is 9.00 Å². The first kappa shape index (κ1) is 18.3. The number of nitrogens with one attached hydrogen (secondary N) is 1. The lowest BCUT2D eigenvalue weighted by Crippen LogP contribution is -2.38. The average Bonchev–Trinajstić information content (AvgIpc) is 2.44. The van der Waals surface area contributed by atoms with Gasteiger partial charge < -0.3 is 14.8 Å². The van der Waals surface area contributed by atoms with Crippen LogP contribution in [-0.2, 0) is 30.8 Å². The number of ether oxygens (including phenoxy) is 2. The van der Waals surface area contributed by atoms with Crippen molar-refractivity contribution in [3.8, 4) is 0 Å². The standard InChI is InChI=1S/C15H21NO5S/c1-11(8-20-2)16-14(17)9-21-15(18)13-6-4-5-12(7-13)10-22(3)19/h4-7,11H,8-10H2,1-3H3,(H,16,17). The molecule has 2 atom stereocenters. The number of esters is 1. The molecule has 2 unspecified atom stereocenters. The normalized spacial score (nSPS) is 13.2. The van der Waals surface area contributed by atoms with Gasteiger partial charge in [0.1, 0.15) is 0 Å². The van der Waals surface area contributed by atoms with E-state index in [1.54, 1.807) is 44.6 Å². The van der Waals surface area contributed by atoms with Crippen LogP contribution < -0.4 is 5.32 Å². The molecule has 1 aromatic carbocycles. The van der Waals surface area contributed by atoms with Crippen LogP contribution in [0.3, 0.4) is 0 Å². The monoisotopic (exact) mass is 327 g/mol. The Bertz CT molecular complexity index is 546. The van der Waals surface area contributed by atoms with E-state index in [0.717, 1.165) is 5.56 Å². The van der Waals surface area contributed by atoms with E-state index < -0.39 is 16.8 Å². The summed E-state index contributed by atoms with van der Waals surface area (Å²) in [6, 6.07) is 6.54. The van der Waals surface area contributed by atoms with Gasteiger partial charge in [-0.2, -0.15) is 0 Å². The molecule has 0 aliphatic carbocycles. The molecule has 0 fully saturated rings. The first-order chi connectivity index (χ1) is 10.4. The van der Waals surface area contributed by atoms with Crippen molar-refractivity contribution in [3.05, 3.63) is 35.4 Å². The average molecular weight is 327 g/mol. The minimum Gasteiger partial charge on any atom is -0.452 e. The van der Waals surface area contributed by atoms with E-state index in [1.165, 1.54) is 0 Å². The molecule has 1 aromatic rings. The van der Waals surface area contributed by atoms with Crippen LogP contribution in [0.15, 0.2) is 24.3 Å². The van der Waals surface area contributed by atoms with Crippen LogP contribution in [-0.4, -0.2) is 48.7 Å². The minimum atomic E-state index is -0.986. The highest BCUT2D eigenvalue weighted by molar-refractivity contribution is 7.83. The number of carbonyl (C=O) groups excluding carboxylic acids is 2. The van der Waals surface area contributed by atoms with E-state index in [4.69, 9.17) is 9.47 Å². The summed E-state index contributed by atoms with van der Waals surface area (Å²) in [6.45, 7) is 1.82. The van der Waals surface area contributed by atoms with Crippen LogP contribution in [0.4, 0.5) is 0 Å². The molecule has 1 rings (SSSR count). The van der Waals surface area contributed by atoms with Crippen LogP contribution in [0.2, 0.25) is 0 Å². The summed E-state index contributed by atoms with van der Waals surface area (Å²) in [7, 11) is 0.555. The molecule has 0 aliphatic rings. The summed E-state index contributed by atoms with van der Waals surface area (Å²) in [5, 5.41) is 2.64. The van der Waals surface area contributed by atoms with Crippen molar-refractivity contribution >= 4 is 22.7 Å². The number of benzene rings is 1. The molecule has 0 aliphatic heterocycles. The number of rotatable bonds is 8. The Hall–Kier alpha value is -1.73. The van der Waals surface area contributed by atoms with Crippen LogP contribution in [0.5, 0.6) is 0 Å². The summed E-state index contributed by atoms with van der Waals surface area (Å²) in [4.78, 5) is 23.5. The largest absolute Gasteiger partial charge is 0.452 e. The SMILES string of the molecule is COCC(C)NC(=O)COC(=O)c1cccc(CS(C)=O)c1. The van der Waals surface area contributed by atoms with Gasteiger partial charge in [0.15, 0.2) is 6.61 Å². The molecule has 1 amide bonds. The summed E-state index contributed by atoms with van der Waals surface area (Å²) < 4.78 is 21.1. The topological polar surface area (TPSA) is 81.7 Å². The maximum Gasteiger partial charge on any atom is 0.338 e. The zero-order valence-corrected chi connectivity index (χ0v) is 13.8. The predicted molar refractivity (Wildman–Crippen MR) is 84.0 cm³/mol. The summed E-state index contributed by atoms with van der Waals surface area (Å²) in [5.74, 6) is -0.599. The highest BCUT2D eigenvalue weighted by atomic mass is 32.2. The highest BCUT2D eigenvalue weighted by Gasteiger charge is 2.12. The Labute approximate surface area is 132 Å². The number of hydrogen-bond donors (Lipinski definition) is 1. The molecule has 6 nitrogen and oxygen atoms in total. The van der Waals surface area contributed by atoms with Gasteiger partial charge in [-0.25, -0.2) is 4.79 Å². The molecule has 0 radical (unpaired) electrons. The van der Waals surface area contributed by atoms with Crippen LogP contribution in [0.25, 0.3) is 0 Å². The third kappa shape index (κ3) is 6.82. The van der Waals surface area contributed by atoms with Gasteiger partial charge in [-0.15, -0.1) is 0 Å². The number of methoxy groups -OCH3 is 1. The molecular formula is C15H21NO5S. The lowest BCUT2D eigenvalue weighted by Gasteiger charge is -2.12. The second kappa shape index (κ2) is 9.32. The summed E-state index contributed by atoms with van der Waals surface area (Å²) in [6.07, 6.45) is 1.59. The predicted octanol–water partition coefficient (Wildman–Crippen LogP) is 0.873. The molecular weight excluding hydrogens is 306 g/mol. The quantitative estimate of drug-likeness (QED) is 0.717. The van der Waals surface area contributed by atoms with E-state index in [0.29, 0.717) is 17.9 Å². The van der Waals surface area contributed by atoms with E-state index in [2.05, 4.69) is 5.32 Å². The molecule has 7 heteroatoms. The zero-order chi connectivity index (χ0) is 16.5. The number of amides is 1. The Morgan fingerprint density at radius 3 is 2.73 bits per heavy atom. The van der Waals surface area contributed by atoms with E-state index >= 15 is 0 Å². The molecule has 0 spiro atoms. The zero-order valence-electron chi connectivity index (χ0n) is 13.0. The van der Waals surface area contributed by atoms with Crippen molar-refractivity contribution in [3.63, 3.8) is 0 Å². The van der Waals surface area contributed by atoms with Crippen molar-refractivity contribution in [2.75, 3.05) is 26.6 Å².